The van der Waals surface area contributed by atoms with Gasteiger partial charge in [-0.2, -0.15) is 5.10 Å². The van der Waals surface area contributed by atoms with Crippen LogP contribution in [0.2, 0.25) is 0 Å². The summed E-state index contributed by atoms with van der Waals surface area (Å²) in [5.74, 6) is 0.495. The Hall–Kier alpha value is -2.40. The van der Waals surface area contributed by atoms with Gasteiger partial charge in [-0.25, -0.2) is 0 Å². The minimum atomic E-state index is -0.0874. The molecule has 0 radical (unpaired) electrons. The van der Waals surface area contributed by atoms with E-state index < -0.39 is 0 Å². The lowest BCUT2D eigenvalue weighted by Gasteiger charge is -2.15. The van der Waals surface area contributed by atoms with Gasteiger partial charge < -0.3 is 5.32 Å². The van der Waals surface area contributed by atoms with Crippen LogP contribution >= 0.6 is 11.3 Å². The molecule has 0 bridgehead atoms. The molecule has 2 aromatic heterocycles. The Bertz CT molecular complexity index is 862. The van der Waals surface area contributed by atoms with Crippen molar-refractivity contribution in [1.82, 2.24) is 9.78 Å². The van der Waals surface area contributed by atoms with E-state index in [2.05, 4.69) is 34.7 Å². The normalized spacial score (nSPS) is 12.6. The average molecular weight is 309 g/mol. The second-order valence-electron chi connectivity index (χ2n) is 5.45. The standard InChI is InChI=1S/C17H15N3OS/c1-20-9-8-15(19-20)18-17(21)14-10-12-7-6-11-4-2-3-5-13(11)16(12)22-14/h2-5,8-10H,6-7H2,1H3,(H,18,19,21). The smallest absolute Gasteiger partial charge is 0.266 e. The molecule has 22 heavy (non-hydrogen) atoms. The van der Waals surface area contributed by atoms with E-state index in [1.807, 2.05) is 19.3 Å². The fraction of sp³-hybridized carbons (Fsp3) is 0.176. The van der Waals surface area contributed by atoms with Crippen LogP contribution in [0, 0.1) is 0 Å². The zero-order valence-electron chi connectivity index (χ0n) is 12.2. The predicted octanol–water partition coefficient (Wildman–Crippen LogP) is 3.50. The number of nitrogens with one attached hydrogen (secondary N) is 1. The van der Waals surface area contributed by atoms with Gasteiger partial charge in [-0.15, -0.1) is 11.3 Å². The third kappa shape index (κ3) is 2.23. The van der Waals surface area contributed by atoms with Crippen LogP contribution in [0.4, 0.5) is 5.82 Å². The second-order valence-corrected chi connectivity index (χ2v) is 6.50. The summed E-state index contributed by atoms with van der Waals surface area (Å²) in [5.41, 5.74) is 3.91. The molecule has 1 aromatic carbocycles. The number of thiophene rings is 1. The molecule has 1 aliphatic rings. The highest BCUT2D eigenvalue weighted by Gasteiger charge is 2.21. The summed E-state index contributed by atoms with van der Waals surface area (Å²) in [6, 6.07) is 12.3. The minimum absolute atomic E-state index is 0.0874. The molecule has 0 atom stereocenters. The van der Waals surface area contributed by atoms with Gasteiger partial charge in [0.05, 0.1) is 4.88 Å². The highest BCUT2D eigenvalue weighted by atomic mass is 32.1. The van der Waals surface area contributed by atoms with E-state index in [9.17, 15) is 4.79 Å². The Morgan fingerprint density at radius 2 is 2.05 bits per heavy atom. The SMILES string of the molecule is Cn1ccc(NC(=O)c2cc3c(s2)-c2ccccc2CC3)n1. The van der Waals surface area contributed by atoms with Gasteiger partial charge in [0.15, 0.2) is 5.82 Å². The van der Waals surface area contributed by atoms with Crippen LogP contribution in [0.1, 0.15) is 20.8 Å². The number of hydrogen-bond donors (Lipinski definition) is 1. The number of hydrogen-bond acceptors (Lipinski definition) is 3. The van der Waals surface area contributed by atoms with Crippen molar-refractivity contribution in [2.45, 2.75) is 12.8 Å². The van der Waals surface area contributed by atoms with Crippen LogP contribution in [0.3, 0.4) is 0 Å². The Morgan fingerprint density at radius 1 is 1.23 bits per heavy atom. The molecule has 1 aliphatic carbocycles. The molecule has 3 aromatic rings. The van der Waals surface area contributed by atoms with E-state index in [0.717, 1.165) is 17.7 Å². The highest BCUT2D eigenvalue weighted by molar-refractivity contribution is 7.17. The fourth-order valence-electron chi connectivity index (χ4n) is 2.84. The molecule has 0 aliphatic heterocycles. The van der Waals surface area contributed by atoms with Gasteiger partial charge >= 0.3 is 0 Å². The first-order chi connectivity index (χ1) is 10.7. The molecule has 1 amide bonds. The summed E-state index contributed by atoms with van der Waals surface area (Å²) >= 11 is 1.57. The highest BCUT2D eigenvalue weighted by Crippen LogP contribution is 2.39. The molecular weight excluding hydrogens is 294 g/mol. The van der Waals surface area contributed by atoms with Crippen LogP contribution in [0.25, 0.3) is 10.4 Å². The summed E-state index contributed by atoms with van der Waals surface area (Å²) in [6.45, 7) is 0. The van der Waals surface area contributed by atoms with Crippen LogP contribution in [0.15, 0.2) is 42.6 Å². The summed E-state index contributed by atoms with van der Waals surface area (Å²) < 4.78 is 1.67. The second kappa shape index (κ2) is 5.10. The van der Waals surface area contributed by atoms with Crippen LogP contribution < -0.4 is 5.32 Å². The zero-order valence-corrected chi connectivity index (χ0v) is 13.0. The van der Waals surface area contributed by atoms with Crippen molar-refractivity contribution in [2.75, 3.05) is 5.32 Å². The number of anilines is 1. The molecular formula is C17H15N3OS. The molecule has 5 heteroatoms. The first-order valence-corrected chi connectivity index (χ1v) is 8.04. The van der Waals surface area contributed by atoms with Crippen LogP contribution in [0.5, 0.6) is 0 Å². The number of fused-ring (bicyclic) bond motifs is 3. The maximum Gasteiger partial charge on any atom is 0.266 e. The number of rotatable bonds is 2. The maximum atomic E-state index is 12.4. The van der Waals surface area contributed by atoms with E-state index in [1.165, 1.54) is 21.6 Å². The van der Waals surface area contributed by atoms with Gasteiger partial charge in [-0.1, -0.05) is 24.3 Å². The first-order valence-electron chi connectivity index (χ1n) is 7.23. The first kappa shape index (κ1) is 13.3. The molecule has 0 saturated carbocycles. The largest absolute Gasteiger partial charge is 0.304 e. The summed E-state index contributed by atoms with van der Waals surface area (Å²) in [6.07, 6.45) is 3.85. The molecule has 0 spiro atoms. The van der Waals surface area contributed by atoms with Crippen molar-refractivity contribution in [3.63, 3.8) is 0 Å². The lowest BCUT2D eigenvalue weighted by molar-refractivity contribution is 0.103. The van der Waals surface area contributed by atoms with E-state index in [4.69, 9.17) is 0 Å². The number of aromatic nitrogens is 2. The third-order valence-corrected chi connectivity index (χ3v) is 5.12. The molecule has 0 unspecified atom stereocenters. The van der Waals surface area contributed by atoms with Gasteiger partial charge in [0.25, 0.3) is 5.91 Å². The van der Waals surface area contributed by atoms with E-state index >= 15 is 0 Å². The van der Waals surface area contributed by atoms with Crippen molar-refractivity contribution >= 4 is 23.1 Å². The number of carbonyl (C=O) groups excluding carboxylic acids is 1. The topological polar surface area (TPSA) is 46.9 Å². The van der Waals surface area contributed by atoms with Crippen molar-refractivity contribution < 1.29 is 4.79 Å². The lowest BCUT2D eigenvalue weighted by atomic mass is 9.91. The number of nitrogens with zero attached hydrogens (tertiary/aromatic N) is 2. The predicted molar refractivity (Wildman–Crippen MR) is 88.3 cm³/mol. The number of carbonyl (C=O) groups is 1. The van der Waals surface area contributed by atoms with Crippen LogP contribution in [-0.4, -0.2) is 15.7 Å². The Morgan fingerprint density at radius 3 is 2.86 bits per heavy atom. The van der Waals surface area contributed by atoms with E-state index in [0.29, 0.717) is 5.82 Å². The molecule has 110 valence electrons. The summed E-state index contributed by atoms with van der Waals surface area (Å²) in [7, 11) is 1.83. The lowest BCUT2D eigenvalue weighted by Crippen LogP contribution is -2.10. The van der Waals surface area contributed by atoms with E-state index in [-0.39, 0.29) is 5.91 Å². The van der Waals surface area contributed by atoms with Crippen molar-refractivity contribution in [2.24, 2.45) is 7.05 Å². The summed E-state index contributed by atoms with van der Waals surface area (Å²) in [5, 5.41) is 7.04. The fourth-order valence-corrected chi connectivity index (χ4v) is 4.01. The zero-order chi connectivity index (χ0) is 15.1. The molecule has 4 rings (SSSR count). The molecule has 0 fully saturated rings. The molecule has 2 heterocycles. The van der Waals surface area contributed by atoms with Gasteiger partial charge in [0.2, 0.25) is 0 Å². The molecule has 4 nitrogen and oxygen atoms in total. The third-order valence-electron chi connectivity index (χ3n) is 3.91. The van der Waals surface area contributed by atoms with Gasteiger partial charge in [0.1, 0.15) is 0 Å². The number of amides is 1. The van der Waals surface area contributed by atoms with E-state index in [1.54, 1.807) is 22.1 Å². The van der Waals surface area contributed by atoms with Crippen molar-refractivity contribution in [3.05, 3.63) is 58.6 Å². The van der Waals surface area contributed by atoms with Gasteiger partial charge in [-0.05, 0) is 35.6 Å². The minimum Gasteiger partial charge on any atom is -0.304 e. The molecule has 1 N–H and O–H groups in total. The summed E-state index contributed by atoms with van der Waals surface area (Å²) in [4.78, 5) is 14.4. The quantitative estimate of drug-likeness (QED) is 0.787. The van der Waals surface area contributed by atoms with Crippen LogP contribution in [-0.2, 0) is 19.9 Å². The Kier molecular flexibility index (Phi) is 3.08. The van der Waals surface area contributed by atoms with Crippen molar-refractivity contribution in [3.8, 4) is 10.4 Å². The number of aryl methyl sites for hydroxylation is 3. The average Bonchev–Trinajstić information content (AvgIpc) is 3.13. The maximum absolute atomic E-state index is 12.4. The Labute approximate surface area is 132 Å². The van der Waals surface area contributed by atoms with Crippen molar-refractivity contribution in [1.29, 1.82) is 0 Å². The number of benzene rings is 1. The molecule has 0 saturated heterocycles. The monoisotopic (exact) mass is 309 g/mol. The van der Waals surface area contributed by atoms with Gasteiger partial charge in [0, 0.05) is 24.2 Å². The Balaban J connectivity index is 1.65. The van der Waals surface area contributed by atoms with Gasteiger partial charge in [-0.3, -0.25) is 9.48 Å².